The standard InChI is InChI=1S/C24H30O3/c1-4-18-6-7-21(25)13-22(18)27-23(26)15(3)14-24(5-2)19-9-16-8-17(11-19)12-20(24)10-16/h4,6-7,13-14,16-17,19-20,25H,1,5,8-12H2,2-3H3/b15-14+. The number of hydrogen-bond donors (Lipinski definition) is 1. The third-order valence-corrected chi connectivity index (χ3v) is 7.50. The van der Waals surface area contributed by atoms with Gasteiger partial charge in [-0.25, -0.2) is 4.79 Å². The molecule has 0 saturated heterocycles. The number of hydrogen-bond acceptors (Lipinski definition) is 3. The maximum Gasteiger partial charge on any atom is 0.338 e. The quantitative estimate of drug-likeness (QED) is 0.411. The average molecular weight is 367 g/mol. The first-order valence-corrected chi connectivity index (χ1v) is 10.3. The van der Waals surface area contributed by atoms with Gasteiger partial charge in [0, 0.05) is 17.2 Å². The van der Waals surface area contributed by atoms with Gasteiger partial charge in [-0.2, -0.15) is 0 Å². The first kappa shape index (κ1) is 18.3. The van der Waals surface area contributed by atoms with Gasteiger partial charge in [-0.15, -0.1) is 0 Å². The van der Waals surface area contributed by atoms with Crippen LogP contribution in [0.2, 0.25) is 0 Å². The Bertz CT molecular complexity index is 761. The first-order valence-electron chi connectivity index (χ1n) is 10.3. The van der Waals surface area contributed by atoms with E-state index in [-0.39, 0.29) is 17.1 Å². The summed E-state index contributed by atoms with van der Waals surface area (Å²) in [7, 11) is 0. The summed E-state index contributed by atoms with van der Waals surface area (Å²) in [5, 5.41) is 9.72. The maximum absolute atomic E-state index is 12.8. The van der Waals surface area contributed by atoms with E-state index in [1.165, 1.54) is 38.2 Å². The molecule has 0 atom stereocenters. The number of rotatable bonds is 5. The maximum atomic E-state index is 12.8. The van der Waals surface area contributed by atoms with E-state index in [0.717, 1.165) is 18.3 Å². The number of carbonyl (C=O) groups excluding carboxylic acids is 1. The minimum absolute atomic E-state index is 0.0797. The number of ether oxygens (including phenoxy) is 1. The lowest BCUT2D eigenvalue weighted by Crippen LogP contribution is -2.52. The molecule has 0 aliphatic heterocycles. The molecular formula is C24H30O3. The van der Waals surface area contributed by atoms with Crippen LogP contribution in [0, 0.1) is 29.1 Å². The van der Waals surface area contributed by atoms with E-state index in [2.05, 4.69) is 19.6 Å². The van der Waals surface area contributed by atoms with E-state index in [9.17, 15) is 9.90 Å². The fourth-order valence-corrected chi connectivity index (χ4v) is 6.40. The van der Waals surface area contributed by atoms with Crippen molar-refractivity contribution in [3.05, 3.63) is 42.0 Å². The molecule has 1 aromatic carbocycles. The summed E-state index contributed by atoms with van der Waals surface area (Å²) in [6.07, 6.45) is 11.7. The van der Waals surface area contributed by atoms with Crippen LogP contribution in [0.4, 0.5) is 0 Å². The van der Waals surface area contributed by atoms with Crippen molar-refractivity contribution in [2.24, 2.45) is 29.1 Å². The second-order valence-corrected chi connectivity index (χ2v) is 8.91. The minimum atomic E-state index is -0.328. The van der Waals surface area contributed by atoms with E-state index in [0.29, 0.717) is 28.7 Å². The molecule has 0 amide bonds. The number of carbonyl (C=O) groups is 1. The smallest absolute Gasteiger partial charge is 0.338 e. The van der Waals surface area contributed by atoms with Crippen LogP contribution < -0.4 is 4.74 Å². The second-order valence-electron chi connectivity index (χ2n) is 8.91. The van der Waals surface area contributed by atoms with Crippen molar-refractivity contribution in [1.29, 1.82) is 0 Å². The van der Waals surface area contributed by atoms with Crippen molar-refractivity contribution in [2.75, 3.05) is 0 Å². The fourth-order valence-electron chi connectivity index (χ4n) is 6.40. The summed E-state index contributed by atoms with van der Waals surface area (Å²) < 4.78 is 5.62. The van der Waals surface area contributed by atoms with Gasteiger partial charge >= 0.3 is 5.97 Å². The normalized spacial score (nSPS) is 34.5. The average Bonchev–Trinajstić information content (AvgIpc) is 2.64. The Morgan fingerprint density at radius 3 is 2.41 bits per heavy atom. The Balaban J connectivity index is 1.59. The predicted octanol–water partition coefficient (Wildman–Crippen LogP) is 5.74. The van der Waals surface area contributed by atoms with Gasteiger partial charge in [0.15, 0.2) is 0 Å². The highest BCUT2D eigenvalue weighted by Gasteiger charge is 2.55. The third kappa shape index (κ3) is 3.11. The van der Waals surface area contributed by atoms with Gasteiger partial charge in [-0.3, -0.25) is 0 Å². The Labute approximate surface area is 162 Å². The molecule has 0 unspecified atom stereocenters. The fraction of sp³-hybridized carbons (Fsp3) is 0.542. The van der Waals surface area contributed by atoms with E-state index < -0.39 is 0 Å². The van der Waals surface area contributed by atoms with Crippen molar-refractivity contribution < 1.29 is 14.6 Å². The lowest BCUT2D eigenvalue weighted by Gasteiger charge is -2.60. The molecule has 1 N–H and O–H groups in total. The van der Waals surface area contributed by atoms with Gasteiger partial charge in [0.25, 0.3) is 0 Å². The van der Waals surface area contributed by atoms with E-state index >= 15 is 0 Å². The SMILES string of the molecule is C=Cc1ccc(O)cc1OC(=O)/C(C)=C/C1(CC)C2CC3CC(C2)CC1C3. The molecule has 4 aliphatic carbocycles. The molecule has 0 heterocycles. The summed E-state index contributed by atoms with van der Waals surface area (Å²) in [4.78, 5) is 12.8. The third-order valence-electron chi connectivity index (χ3n) is 7.50. The summed E-state index contributed by atoms with van der Waals surface area (Å²) in [5.41, 5.74) is 1.54. The lowest BCUT2D eigenvalue weighted by atomic mass is 9.44. The molecule has 4 saturated carbocycles. The zero-order valence-corrected chi connectivity index (χ0v) is 16.4. The molecular weight excluding hydrogens is 336 g/mol. The molecule has 0 spiro atoms. The summed E-state index contributed by atoms with van der Waals surface area (Å²) in [6, 6.07) is 4.74. The van der Waals surface area contributed by atoms with Crippen LogP contribution in [-0.2, 0) is 4.79 Å². The van der Waals surface area contributed by atoms with E-state index in [1.807, 2.05) is 6.92 Å². The van der Waals surface area contributed by atoms with Crippen molar-refractivity contribution in [3.63, 3.8) is 0 Å². The van der Waals surface area contributed by atoms with Crippen LogP contribution in [-0.4, -0.2) is 11.1 Å². The minimum Gasteiger partial charge on any atom is -0.508 e. The summed E-state index contributed by atoms with van der Waals surface area (Å²) in [6.45, 7) is 7.91. The second kappa shape index (κ2) is 6.85. The van der Waals surface area contributed by atoms with Crippen LogP contribution in [0.5, 0.6) is 11.5 Å². The predicted molar refractivity (Wildman–Crippen MR) is 107 cm³/mol. The summed E-state index contributed by atoms with van der Waals surface area (Å²) >= 11 is 0. The molecule has 0 aromatic heterocycles. The van der Waals surface area contributed by atoms with Crippen LogP contribution in [0.25, 0.3) is 6.08 Å². The van der Waals surface area contributed by atoms with Crippen LogP contribution in [0.1, 0.15) is 57.9 Å². The molecule has 5 rings (SSSR count). The molecule has 4 fully saturated rings. The highest BCUT2D eigenvalue weighted by molar-refractivity contribution is 5.90. The van der Waals surface area contributed by atoms with E-state index in [1.54, 1.807) is 18.2 Å². The van der Waals surface area contributed by atoms with Gasteiger partial charge < -0.3 is 9.84 Å². The van der Waals surface area contributed by atoms with Crippen molar-refractivity contribution in [2.45, 2.75) is 52.4 Å². The van der Waals surface area contributed by atoms with Gasteiger partial charge in [0.1, 0.15) is 11.5 Å². The van der Waals surface area contributed by atoms with Crippen molar-refractivity contribution in [3.8, 4) is 11.5 Å². The molecule has 3 nitrogen and oxygen atoms in total. The topological polar surface area (TPSA) is 46.5 Å². The van der Waals surface area contributed by atoms with Crippen LogP contribution in [0.3, 0.4) is 0 Å². The molecule has 0 radical (unpaired) electrons. The molecule has 1 aromatic rings. The first-order chi connectivity index (χ1) is 12.9. The largest absolute Gasteiger partial charge is 0.508 e. The zero-order chi connectivity index (χ0) is 19.2. The number of phenolic OH excluding ortho intramolecular Hbond substituents is 1. The highest BCUT2D eigenvalue weighted by Crippen LogP contribution is 2.64. The molecule has 4 aliphatic rings. The van der Waals surface area contributed by atoms with Crippen molar-refractivity contribution >= 4 is 12.0 Å². The number of aromatic hydroxyl groups is 1. The van der Waals surface area contributed by atoms with Gasteiger partial charge in [-0.05, 0) is 86.7 Å². The summed E-state index contributed by atoms with van der Waals surface area (Å²) in [5.74, 6) is 3.36. The van der Waals surface area contributed by atoms with Crippen molar-refractivity contribution in [1.82, 2.24) is 0 Å². The van der Waals surface area contributed by atoms with Gasteiger partial charge in [-0.1, -0.05) is 25.7 Å². The lowest BCUT2D eigenvalue weighted by molar-refractivity contribution is -0.130. The number of esters is 1. The van der Waals surface area contributed by atoms with Gasteiger partial charge in [0.2, 0.25) is 0 Å². The Kier molecular flexibility index (Phi) is 4.65. The van der Waals surface area contributed by atoms with Crippen LogP contribution in [0.15, 0.2) is 36.4 Å². The molecule has 144 valence electrons. The van der Waals surface area contributed by atoms with Gasteiger partial charge in [0.05, 0.1) is 0 Å². The van der Waals surface area contributed by atoms with Crippen LogP contribution >= 0.6 is 0 Å². The molecule has 4 bridgehead atoms. The number of allylic oxidation sites excluding steroid dienone is 1. The number of phenols is 1. The zero-order valence-electron chi connectivity index (χ0n) is 16.4. The monoisotopic (exact) mass is 366 g/mol. The molecule has 3 heteroatoms. The Hall–Kier alpha value is -2.03. The Morgan fingerprint density at radius 1 is 1.22 bits per heavy atom. The van der Waals surface area contributed by atoms with E-state index in [4.69, 9.17) is 4.74 Å². The Morgan fingerprint density at radius 2 is 1.85 bits per heavy atom. The number of benzene rings is 1. The highest BCUT2D eigenvalue weighted by atomic mass is 16.5. The molecule has 27 heavy (non-hydrogen) atoms.